The first-order valence-corrected chi connectivity index (χ1v) is 7.84. The van der Waals surface area contributed by atoms with Crippen molar-refractivity contribution in [3.05, 3.63) is 53.2 Å². The van der Waals surface area contributed by atoms with E-state index < -0.39 is 30.3 Å². The van der Waals surface area contributed by atoms with Gasteiger partial charge in [-0.3, -0.25) is 19.3 Å². The van der Waals surface area contributed by atoms with Gasteiger partial charge < -0.3 is 14.8 Å². The molecule has 0 atom stereocenters. The quantitative estimate of drug-likeness (QED) is 0.620. The van der Waals surface area contributed by atoms with E-state index in [2.05, 4.69) is 10.3 Å². The van der Waals surface area contributed by atoms with E-state index in [1.54, 1.807) is 6.07 Å². The van der Waals surface area contributed by atoms with E-state index in [1.165, 1.54) is 44.6 Å². The monoisotopic (exact) mass is 369 g/mol. The second kappa shape index (κ2) is 7.24. The predicted octanol–water partition coefficient (Wildman–Crippen LogP) is 1.11. The number of pyridine rings is 1. The van der Waals surface area contributed by atoms with E-state index >= 15 is 0 Å². The molecule has 0 spiro atoms. The van der Waals surface area contributed by atoms with E-state index in [0.717, 1.165) is 4.90 Å². The molecule has 0 bridgehead atoms. The van der Waals surface area contributed by atoms with Crippen molar-refractivity contribution in [2.24, 2.45) is 0 Å². The zero-order valence-electron chi connectivity index (χ0n) is 14.5. The van der Waals surface area contributed by atoms with Crippen LogP contribution >= 0.6 is 0 Å². The number of hydrogen-bond acceptors (Lipinski definition) is 7. The summed E-state index contributed by atoms with van der Waals surface area (Å²) in [5.41, 5.74) is 0.885. The molecule has 1 aromatic heterocycles. The normalized spacial score (nSPS) is 12.6. The minimum absolute atomic E-state index is 0.0915. The Balaban J connectivity index is 1.63. The summed E-state index contributed by atoms with van der Waals surface area (Å²) in [5, 5.41) is 2.51. The Bertz CT molecular complexity index is 956. The first kappa shape index (κ1) is 18.1. The molecule has 0 radical (unpaired) electrons. The number of esters is 1. The molecule has 9 nitrogen and oxygen atoms in total. The van der Waals surface area contributed by atoms with Crippen molar-refractivity contribution in [2.45, 2.75) is 0 Å². The molecule has 3 amide bonds. The third kappa shape index (κ3) is 3.47. The molecule has 2 heterocycles. The van der Waals surface area contributed by atoms with Crippen molar-refractivity contribution >= 4 is 29.4 Å². The molecule has 3 rings (SSSR count). The third-order valence-electron chi connectivity index (χ3n) is 3.89. The number of aromatic nitrogens is 1. The summed E-state index contributed by atoms with van der Waals surface area (Å²) in [6.45, 7) is -0.541. The second-order valence-electron chi connectivity index (χ2n) is 5.61. The summed E-state index contributed by atoms with van der Waals surface area (Å²) in [4.78, 5) is 52.8. The Hall–Kier alpha value is -3.75. The first-order chi connectivity index (χ1) is 12.9. The van der Waals surface area contributed by atoms with Gasteiger partial charge in [-0.25, -0.2) is 9.78 Å². The number of ether oxygens (including phenoxy) is 2. The number of nitrogens with zero attached hydrogens (tertiary/aromatic N) is 2. The number of carbonyl (C=O) groups is 4. The molecule has 27 heavy (non-hydrogen) atoms. The Kier molecular flexibility index (Phi) is 4.84. The molecular formula is C18H15N3O6. The summed E-state index contributed by atoms with van der Waals surface area (Å²) in [7, 11) is 2.75. The Morgan fingerprint density at radius 1 is 1.15 bits per heavy atom. The number of amides is 3. The molecule has 2 aromatic rings. The number of anilines is 1. The Morgan fingerprint density at radius 2 is 1.89 bits per heavy atom. The van der Waals surface area contributed by atoms with Crippen LogP contribution in [0.1, 0.15) is 31.1 Å². The van der Waals surface area contributed by atoms with Crippen LogP contribution in [0, 0.1) is 0 Å². The predicted molar refractivity (Wildman–Crippen MR) is 92.6 cm³/mol. The highest BCUT2D eigenvalue weighted by Gasteiger charge is 2.32. The van der Waals surface area contributed by atoms with Crippen molar-refractivity contribution in [2.75, 3.05) is 26.1 Å². The lowest BCUT2D eigenvalue weighted by molar-refractivity contribution is -0.119. The van der Waals surface area contributed by atoms with Gasteiger partial charge >= 0.3 is 5.97 Å². The van der Waals surface area contributed by atoms with Crippen LogP contribution in [0.3, 0.4) is 0 Å². The van der Waals surface area contributed by atoms with Gasteiger partial charge in [0.05, 0.1) is 18.2 Å². The fraction of sp³-hybridized carbons (Fsp3) is 0.167. The highest BCUT2D eigenvalue weighted by atomic mass is 16.5. The molecule has 1 aliphatic heterocycles. The van der Waals surface area contributed by atoms with Gasteiger partial charge in [-0.05, 0) is 30.3 Å². The molecule has 138 valence electrons. The molecule has 1 aliphatic rings. The average molecular weight is 369 g/mol. The van der Waals surface area contributed by atoms with E-state index in [1.807, 2.05) is 0 Å². The van der Waals surface area contributed by atoms with Gasteiger partial charge in [0, 0.05) is 18.9 Å². The van der Waals surface area contributed by atoms with Gasteiger partial charge in [-0.15, -0.1) is 0 Å². The molecule has 0 aliphatic carbocycles. The maximum atomic E-state index is 12.0. The SMILES string of the molecule is COc1ncccc1C(=O)OCC(=O)Nc1ccc2c(c1)C(=O)N(C)C2=O. The molecule has 0 fully saturated rings. The lowest BCUT2D eigenvalue weighted by Gasteiger charge is -2.09. The van der Waals surface area contributed by atoms with Crippen LogP contribution in [0.5, 0.6) is 5.88 Å². The zero-order chi connectivity index (χ0) is 19.6. The number of rotatable bonds is 5. The zero-order valence-corrected chi connectivity index (χ0v) is 14.5. The minimum Gasteiger partial charge on any atom is -0.480 e. The van der Waals surface area contributed by atoms with Gasteiger partial charge in [0.25, 0.3) is 17.7 Å². The fourth-order valence-corrected chi connectivity index (χ4v) is 2.55. The van der Waals surface area contributed by atoms with Crippen LogP contribution in [0.15, 0.2) is 36.5 Å². The van der Waals surface area contributed by atoms with Crippen molar-refractivity contribution in [1.29, 1.82) is 0 Å². The summed E-state index contributed by atoms with van der Waals surface area (Å²) < 4.78 is 9.92. The lowest BCUT2D eigenvalue weighted by Crippen LogP contribution is -2.24. The lowest BCUT2D eigenvalue weighted by atomic mass is 10.1. The summed E-state index contributed by atoms with van der Waals surface area (Å²) >= 11 is 0. The summed E-state index contributed by atoms with van der Waals surface area (Å²) in [6, 6.07) is 7.36. The van der Waals surface area contributed by atoms with Crippen LogP contribution in [0.4, 0.5) is 5.69 Å². The van der Waals surface area contributed by atoms with Crippen LogP contribution < -0.4 is 10.1 Å². The molecule has 0 saturated heterocycles. The second-order valence-corrected chi connectivity index (χ2v) is 5.61. The molecule has 0 unspecified atom stereocenters. The average Bonchev–Trinajstić information content (AvgIpc) is 2.90. The molecule has 0 saturated carbocycles. The van der Waals surface area contributed by atoms with Crippen LogP contribution in [0.25, 0.3) is 0 Å². The van der Waals surface area contributed by atoms with Gasteiger partial charge in [-0.2, -0.15) is 0 Å². The van der Waals surface area contributed by atoms with Crippen LogP contribution in [0.2, 0.25) is 0 Å². The van der Waals surface area contributed by atoms with E-state index in [9.17, 15) is 19.2 Å². The molecule has 9 heteroatoms. The number of hydrogen-bond donors (Lipinski definition) is 1. The smallest absolute Gasteiger partial charge is 0.344 e. The Morgan fingerprint density at radius 3 is 2.63 bits per heavy atom. The number of imide groups is 1. The van der Waals surface area contributed by atoms with Gasteiger partial charge in [0.1, 0.15) is 5.56 Å². The van der Waals surface area contributed by atoms with Crippen LogP contribution in [-0.2, 0) is 9.53 Å². The summed E-state index contributed by atoms with van der Waals surface area (Å²) in [5.74, 6) is -2.11. The number of benzene rings is 1. The molecule has 1 N–H and O–H groups in total. The van der Waals surface area contributed by atoms with E-state index in [-0.39, 0.29) is 22.6 Å². The highest BCUT2D eigenvalue weighted by Crippen LogP contribution is 2.24. The number of nitrogens with one attached hydrogen (secondary N) is 1. The number of fused-ring (bicyclic) bond motifs is 1. The third-order valence-corrected chi connectivity index (χ3v) is 3.89. The maximum absolute atomic E-state index is 12.0. The van der Waals surface area contributed by atoms with E-state index in [0.29, 0.717) is 5.69 Å². The van der Waals surface area contributed by atoms with Crippen molar-refractivity contribution in [3.63, 3.8) is 0 Å². The van der Waals surface area contributed by atoms with Gasteiger partial charge in [0.2, 0.25) is 5.88 Å². The number of carbonyl (C=O) groups excluding carboxylic acids is 4. The van der Waals surface area contributed by atoms with Gasteiger partial charge in [-0.1, -0.05) is 0 Å². The highest BCUT2D eigenvalue weighted by molar-refractivity contribution is 6.21. The van der Waals surface area contributed by atoms with Crippen molar-refractivity contribution < 1.29 is 28.7 Å². The minimum atomic E-state index is -0.758. The van der Waals surface area contributed by atoms with Crippen molar-refractivity contribution in [3.8, 4) is 5.88 Å². The van der Waals surface area contributed by atoms with Gasteiger partial charge in [0.15, 0.2) is 6.61 Å². The Labute approximate surface area is 153 Å². The topological polar surface area (TPSA) is 115 Å². The number of methoxy groups -OCH3 is 1. The first-order valence-electron chi connectivity index (χ1n) is 7.84. The molecular weight excluding hydrogens is 354 g/mol. The van der Waals surface area contributed by atoms with E-state index in [4.69, 9.17) is 9.47 Å². The standard InChI is InChI=1S/C18H15N3O6/c1-21-16(23)11-6-5-10(8-13(11)17(21)24)20-14(22)9-27-18(25)12-4-3-7-19-15(12)26-2/h3-8H,9H2,1-2H3,(H,20,22). The van der Waals surface area contributed by atoms with Crippen molar-refractivity contribution in [1.82, 2.24) is 9.88 Å². The summed E-state index contributed by atoms with van der Waals surface area (Å²) in [6.07, 6.45) is 1.46. The molecule has 1 aromatic carbocycles. The fourth-order valence-electron chi connectivity index (χ4n) is 2.55. The van der Waals surface area contributed by atoms with Crippen LogP contribution in [-0.4, -0.2) is 54.3 Å². The largest absolute Gasteiger partial charge is 0.480 e. The maximum Gasteiger partial charge on any atom is 0.344 e.